The number of amides is 1. The number of thioether (sulfide) groups is 1. The molecule has 0 bridgehead atoms. The average Bonchev–Trinajstić information content (AvgIpc) is 3.15. The maximum atomic E-state index is 12.5. The van der Waals surface area contributed by atoms with Crippen LogP contribution in [0.3, 0.4) is 0 Å². The van der Waals surface area contributed by atoms with Crippen LogP contribution in [0.5, 0.6) is 0 Å². The molecular weight excluding hydrogens is 360 g/mol. The van der Waals surface area contributed by atoms with E-state index in [9.17, 15) is 13.2 Å². The van der Waals surface area contributed by atoms with Crippen LogP contribution in [0.1, 0.15) is 16.1 Å². The average molecular weight is 380 g/mol. The second-order valence-corrected chi connectivity index (χ2v) is 8.65. The van der Waals surface area contributed by atoms with Gasteiger partial charge in [0.25, 0.3) is 5.91 Å². The minimum Gasteiger partial charge on any atom is -0.469 e. The second kappa shape index (κ2) is 8.07. The molecule has 0 unspecified atom stereocenters. The summed E-state index contributed by atoms with van der Waals surface area (Å²) in [6, 6.07) is 9.76. The van der Waals surface area contributed by atoms with E-state index in [2.05, 4.69) is 4.72 Å². The zero-order valence-electron chi connectivity index (χ0n) is 13.7. The van der Waals surface area contributed by atoms with Gasteiger partial charge in [-0.1, -0.05) is 6.07 Å². The maximum Gasteiger partial charge on any atom is 0.253 e. The Morgan fingerprint density at radius 2 is 2.00 bits per heavy atom. The van der Waals surface area contributed by atoms with Crippen LogP contribution in [0, 0.1) is 0 Å². The monoisotopic (exact) mass is 380 g/mol. The summed E-state index contributed by atoms with van der Waals surface area (Å²) in [5.41, 5.74) is 0.404. The molecule has 6 nitrogen and oxygen atoms in total. The quantitative estimate of drug-likeness (QED) is 0.829. The zero-order valence-corrected chi connectivity index (χ0v) is 15.3. The number of nitrogens with zero attached hydrogens (tertiary/aromatic N) is 1. The smallest absolute Gasteiger partial charge is 0.253 e. The topological polar surface area (TPSA) is 79.6 Å². The van der Waals surface area contributed by atoms with Crippen LogP contribution < -0.4 is 4.72 Å². The summed E-state index contributed by atoms with van der Waals surface area (Å²) in [7, 11) is -3.67. The molecule has 134 valence electrons. The van der Waals surface area contributed by atoms with Gasteiger partial charge in [-0.2, -0.15) is 11.8 Å². The van der Waals surface area contributed by atoms with Gasteiger partial charge in [-0.05, 0) is 30.3 Å². The lowest BCUT2D eigenvalue weighted by Gasteiger charge is -2.26. The van der Waals surface area contributed by atoms with E-state index in [1.165, 1.54) is 12.1 Å². The van der Waals surface area contributed by atoms with Gasteiger partial charge in [-0.25, -0.2) is 13.1 Å². The first-order valence-electron chi connectivity index (χ1n) is 8.05. The molecule has 1 aliphatic rings. The lowest BCUT2D eigenvalue weighted by atomic mass is 10.2. The predicted octanol–water partition coefficient (Wildman–Crippen LogP) is 1.99. The zero-order chi connectivity index (χ0) is 17.7. The van der Waals surface area contributed by atoms with Gasteiger partial charge in [-0.3, -0.25) is 4.79 Å². The van der Waals surface area contributed by atoms with Crippen LogP contribution in [0.15, 0.2) is 52.0 Å². The summed E-state index contributed by atoms with van der Waals surface area (Å²) in [6.45, 7) is 1.63. The lowest BCUT2D eigenvalue weighted by molar-refractivity contribution is 0.0772. The van der Waals surface area contributed by atoms with E-state index >= 15 is 0 Å². The molecule has 0 aliphatic carbocycles. The van der Waals surface area contributed by atoms with Gasteiger partial charge in [0, 0.05) is 43.1 Å². The highest BCUT2D eigenvalue weighted by Crippen LogP contribution is 2.16. The largest absolute Gasteiger partial charge is 0.469 e. The van der Waals surface area contributed by atoms with Gasteiger partial charge in [0.1, 0.15) is 5.76 Å². The molecule has 2 heterocycles. The van der Waals surface area contributed by atoms with Crippen LogP contribution in [0.2, 0.25) is 0 Å². The number of carbonyl (C=O) groups excluding carboxylic acids is 1. The van der Waals surface area contributed by atoms with Gasteiger partial charge in [-0.15, -0.1) is 0 Å². The molecule has 1 aromatic carbocycles. The third-order valence-electron chi connectivity index (χ3n) is 3.93. The molecule has 8 heteroatoms. The van der Waals surface area contributed by atoms with Crippen LogP contribution in [-0.4, -0.2) is 50.4 Å². The maximum absolute atomic E-state index is 12.5. The molecule has 25 heavy (non-hydrogen) atoms. The Labute approximate surface area is 151 Å². The van der Waals surface area contributed by atoms with Crippen molar-refractivity contribution in [2.24, 2.45) is 0 Å². The van der Waals surface area contributed by atoms with Crippen molar-refractivity contribution in [1.29, 1.82) is 0 Å². The normalized spacial score (nSPS) is 15.3. The highest BCUT2D eigenvalue weighted by atomic mass is 32.2. The molecule has 1 fully saturated rings. The second-order valence-electron chi connectivity index (χ2n) is 5.66. The molecule has 1 aromatic heterocycles. The number of carbonyl (C=O) groups is 1. The molecule has 1 N–H and O–H groups in total. The van der Waals surface area contributed by atoms with E-state index in [1.807, 2.05) is 11.8 Å². The lowest BCUT2D eigenvalue weighted by Crippen LogP contribution is -2.38. The van der Waals surface area contributed by atoms with Crippen LogP contribution in [-0.2, 0) is 16.4 Å². The van der Waals surface area contributed by atoms with Crippen LogP contribution in [0.4, 0.5) is 0 Å². The minimum absolute atomic E-state index is 0.101. The van der Waals surface area contributed by atoms with Crippen LogP contribution >= 0.6 is 11.8 Å². The molecule has 0 saturated carbocycles. The molecule has 3 rings (SSSR count). The Hall–Kier alpha value is -1.77. The minimum atomic E-state index is -3.67. The summed E-state index contributed by atoms with van der Waals surface area (Å²) >= 11 is 1.82. The first kappa shape index (κ1) is 18.0. The van der Waals surface area contributed by atoms with Gasteiger partial charge in [0.15, 0.2) is 0 Å². The Bertz CT molecular complexity index is 813. The van der Waals surface area contributed by atoms with E-state index < -0.39 is 10.0 Å². The molecule has 0 radical (unpaired) electrons. The van der Waals surface area contributed by atoms with Crippen LogP contribution in [0.25, 0.3) is 0 Å². The van der Waals surface area contributed by atoms with Gasteiger partial charge in [0.05, 0.1) is 11.2 Å². The van der Waals surface area contributed by atoms with Gasteiger partial charge >= 0.3 is 0 Å². The van der Waals surface area contributed by atoms with Gasteiger partial charge in [0.2, 0.25) is 10.0 Å². The number of hydrogen-bond acceptors (Lipinski definition) is 5. The number of sulfonamides is 1. The van der Waals surface area contributed by atoms with Gasteiger partial charge < -0.3 is 9.32 Å². The van der Waals surface area contributed by atoms with E-state index in [4.69, 9.17) is 4.42 Å². The standard InChI is InChI=1S/C17H20N2O4S2/c20-17(19-8-11-24-12-9-19)14-3-1-5-16(13-14)25(21,22)18-7-6-15-4-2-10-23-15/h1-5,10,13,18H,6-9,11-12H2. The van der Waals surface area contributed by atoms with E-state index in [0.717, 1.165) is 17.3 Å². The summed E-state index contributed by atoms with van der Waals surface area (Å²) < 4.78 is 32.6. The number of benzene rings is 1. The van der Waals surface area contributed by atoms with Crippen molar-refractivity contribution in [2.75, 3.05) is 31.1 Å². The summed E-state index contributed by atoms with van der Waals surface area (Å²) in [5.74, 6) is 2.43. The van der Waals surface area contributed by atoms with Crippen molar-refractivity contribution >= 4 is 27.7 Å². The highest BCUT2D eigenvalue weighted by Gasteiger charge is 2.21. The number of furan rings is 1. The van der Waals surface area contributed by atoms with E-state index in [0.29, 0.717) is 25.1 Å². The van der Waals surface area contributed by atoms with Crippen molar-refractivity contribution in [3.8, 4) is 0 Å². The van der Waals surface area contributed by atoms with E-state index in [1.54, 1.807) is 35.4 Å². The number of rotatable bonds is 6. The SMILES string of the molecule is O=C(c1cccc(S(=O)(=O)NCCc2ccco2)c1)N1CCSCC1. The Morgan fingerprint density at radius 1 is 1.20 bits per heavy atom. The van der Waals surface area contributed by atoms with Crippen molar-refractivity contribution in [1.82, 2.24) is 9.62 Å². The fraction of sp³-hybridized carbons (Fsp3) is 0.353. The van der Waals surface area contributed by atoms with Crippen molar-refractivity contribution in [3.05, 3.63) is 54.0 Å². The molecule has 0 atom stereocenters. The molecule has 1 saturated heterocycles. The highest BCUT2D eigenvalue weighted by molar-refractivity contribution is 7.99. The summed E-state index contributed by atoms with van der Waals surface area (Å²) in [5, 5.41) is 0. The molecule has 2 aromatic rings. The summed E-state index contributed by atoms with van der Waals surface area (Å²) in [4.78, 5) is 14.4. The molecular formula is C17H20N2O4S2. The van der Waals surface area contributed by atoms with Crippen molar-refractivity contribution in [3.63, 3.8) is 0 Å². The Kier molecular flexibility index (Phi) is 5.82. The fourth-order valence-corrected chi connectivity index (χ4v) is 4.57. The van der Waals surface area contributed by atoms with Crippen molar-refractivity contribution in [2.45, 2.75) is 11.3 Å². The fourth-order valence-electron chi connectivity index (χ4n) is 2.59. The predicted molar refractivity (Wildman–Crippen MR) is 97.3 cm³/mol. The third kappa shape index (κ3) is 4.65. The molecule has 0 spiro atoms. The summed E-state index contributed by atoms with van der Waals surface area (Å²) in [6.07, 6.45) is 2.02. The number of nitrogens with one attached hydrogen (secondary N) is 1. The first-order valence-corrected chi connectivity index (χ1v) is 10.7. The Morgan fingerprint density at radius 3 is 2.72 bits per heavy atom. The van der Waals surface area contributed by atoms with E-state index in [-0.39, 0.29) is 17.3 Å². The molecule has 1 amide bonds. The number of hydrogen-bond donors (Lipinski definition) is 1. The third-order valence-corrected chi connectivity index (χ3v) is 6.33. The van der Waals surface area contributed by atoms with Crippen molar-refractivity contribution < 1.29 is 17.6 Å². The Balaban J connectivity index is 1.67. The molecule has 1 aliphatic heterocycles. The first-order chi connectivity index (χ1) is 12.1.